The van der Waals surface area contributed by atoms with Gasteiger partial charge in [-0.1, -0.05) is 45.0 Å². The molecule has 1 aromatic carbocycles. The molecule has 17 heavy (non-hydrogen) atoms. The molecule has 0 heterocycles. The zero-order valence-corrected chi connectivity index (χ0v) is 11.4. The predicted octanol–water partition coefficient (Wildman–Crippen LogP) is 3.97. The minimum absolute atomic E-state index is 0.246. The summed E-state index contributed by atoms with van der Waals surface area (Å²) >= 11 is 0. The third kappa shape index (κ3) is 2.90. The van der Waals surface area contributed by atoms with Gasteiger partial charge in [0, 0.05) is 6.04 Å². The van der Waals surface area contributed by atoms with Crippen LogP contribution < -0.4 is 5.73 Å². The van der Waals surface area contributed by atoms with Gasteiger partial charge in [0.15, 0.2) is 0 Å². The van der Waals surface area contributed by atoms with Crippen molar-refractivity contribution in [2.45, 2.75) is 63.8 Å². The fourth-order valence-electron chi connectivity index (χ4n) is 2.97. The van der Waals surface area contributed by atoms with Gasteiger partial charge in [0.1, 0.15) is 0 Å². The van der Waals surface area contributed by atoms with Crippen LogP contribution >= 0.6 is 0 Å². The first kappa shape index (κ1) is 12.6. The number of rotatable bonds is 1. The standard InChI is InChI=1S/C16H25N/c1-16(2,3)15-7-5-4-6-14(15)12-8-10-13(17)11-9-12/h4-7,12-13H,8-11,17H2,1-3H3. The second-order valence-corrected chi connectivity index (χ2v) is 6.45. The minimum atomic E-state index is 0.246. The van der Waals surface area contributed by atoms with Gasteiger partial charge >= 0.3 is 0 Å². The summed E-state index contributed by atoms with van der Waals surface area (Å²) in [6, 6.07) is 9.40. The Morgan fingerprint density at radius 2 is 1.59 bits per heavy atom. The zero-order valence-electron chi connectivity index (χ0n) is 11.4. The van der Waals surface area contributed by atoms with Crippen molar-refractivity contribution in [3.05, 3.63) is 35.4 Å². The summed E-state index contributed by atoms with van der Waals surface area (Å²) in [4.78, 5) is 0. The van der Waals surface area contributed by atoms with Crippen molar-refractivity contribution >= 4 is 0 Å². The Kier molecular flexibility index (Phi) is 3.58. The maximum atomic E-state index is 6.00. The molecule has 1 aliphatic rings. The molecule has 1 nitrogen and oxygen atoms in total. The molecule has 0 aromatic heterocycles. The first-order valence-electron chi connectivity index (χ1n) is 6.83. The summed E-state index contributed by atoms with van der Waals surface area (Å²) in [6.45, 7) is 6.92. The van der Waals surface area contributed by atoms with E-state index in [4.69, 9.17) is 5.73 Å². The van der Waals surface area contributed by atoms with Crippen molar-refractivity contribution in [2.24, 2.45) is 5.73 Å². The van der Waals surface area contributed by atoms with E-state index in [-0.39, 0.29) is 5.41 Å². The molecular weight excluding hydrogens is 206 g/mol. The van der Waals surface area contributed by atoms with Crippen molar-refractivity contribution in [3.8, 4) is 0 Å². The number of hydrogen-bond donors (Lipinski definition) is 1. The summed E-state index contributed by atoms with van der Waals surface area (Å²) in [5.74, 6) is 0.727. The molecule has 1 fully saturated rings. The Balaban J connectivity index is 2.26. The normalized spacial score (nSPS) is 25.9. The third-order valence-electron chi connectivity index (χ3n) is 3.98. The lowest BCUT2D eigenvalue weighted by atomic mass is 9.75. The molecule has 94 valence electrons. The molecule has 0 aliphatic heterocycles. The fourth-order valence-corrected chi connectivity index (χ4v) is 2.97. The summed E-state index contributed by atoms with van der Waals surface area (Å²) in [7, 11) is 0. The first-order valence-corrected chi connectivity index (χ1v) is 6.83. The molecule has 0 atom stereocenters. The van der Waals surface area contributed by atoms with Crippen molar-refractivity contribution in [1.82, 2.24) is 0 Å². The Labute approximate surface area is 105 Å². The van der Waals surface area contributed by atoms with E-state index in [9.17, 15) is 0 Å². The molecule has 2 rings (SSSR count). The molecule has 1 aliphatic carbocycles. The molecule has 0 spiro atoms. The molecular formula is C16H25N. The lowest BCUT2D eigenvalue weighted by Gasteiger charge is -2.31. The Hall–Kier alpha value is -0.820. The molecule has 0 amide bonds. The highest BCUT2D eigenvalue weighted by molar-refractivity contribution is 5.35. The van der Waals surface area contributed by atoms with Crippen molar-refractivity contribution < 1.29 is 0 Å². The van der Waals surface area contributed by atoms with Gasteiger partial charge in [0.25, 0.3) is 0 Å². The van der Waals surface area contributed by atoms with Crippen molar-refractivity contribution in [1.29, 1.82) is 0 Å². The second-order valence-electron chi connectivity index (χ2n) is 6.45. The van der Waals surface area contributed by atoms with Crippen LogP contribution in [0.15, 0.2) is 24.3 Å². The van der Waals surface area contributed by atoms with E-state index in [0.717, 1.165) is 5.92 Å². The molecule has 2 N–H and O–H groups in total. The molecule has 0 bridgehead atoms. The first-order chi connectivity index (χ1) is 7.98. The van der Waals surface area contributed by atoms with Crippen LogP contribution in [0, 0.1) is 0 Å². The number of nitrogens with two attached hydrogens (primary N) is 1. The van der Waals surface area contributed by atoms with Gasteiger partial charge in [-0.3, -0.25) is 0 Å². The highest BCUT2D eigenvalue weighted by atomic mass is 14.6. The van der Waals surface area contributed by atoms with Crippen molar-refractivity contribution in [3.63, 3.8) is 0 Å². The molecule has 0 saturated heterocycles. The SMILES string of the molecule is CC(C)(C)c1ccccc1C1CCC(N)CC1. The van der Waals surface area contributed by atoms with Gasteiger partial charge in [-0.2, -0.15) is 0 Å². The van der Waals surface area contributed by atoms with Crippen LogP contribution in [0.4, 0.5) is 0 Å². The van der Waals surface area contributed by atoms with E-state index in [1.807, 2.05) is 0 Å². The summed E-state index contributed by atoms with van der Waals surface area (Å²) in [6.07, 6.45) is 4.88. The Bertz CT molecular complexity index is 367. The monoisotopic (exact) mass is 231 g/mol. The van der Waals surface area contributed by atoms with Crippen LogP contribution in [0.25, 0.3) is 0 Å². The molecule has 1 saturated carbocycles. The highest BCUT2D eigenvalue weighted by Gasteiger charge is 2.25. The predicted molar refractivity (Wildman–Crippen MR) is 74.3 cm³/mol. The minimum Gasteiger partial charge on any atom is -0.328 e. The van der Waals surface area contributed by atoms with E-state index in [1.54, 1.807) is 5.56 Å². The van der Waals surface area contributed by atoms with Gasteiger partial charge in [0.05, 0.1) is 0 Å². The lowest BCUT2D eigenvalue weighted by Crippen LogP contribution is -2.27. The second kappa shape index (κ2) is 4.81. The van der Waals surface area contributed by atoms with E-state index in [1.165, 1.54) is 31.2 Å². The largest absolute Gasteiger partial charge is 0.328 e. The maximum Gasteiger partial charge on any atom is 0.00392 e. The van der Waals surface area contributed by atoms with Gasteiger partial charge in [-0.05, 0) is 48.1 Å². The maximum absolute atomic E-state index is 6.00. The van der Waals surface area contributed by atoms with Gasteiger partial charge in [0.2, 0.25) is 0 Å². The van der Waals surface area contributed by atoms with Crippen LogP contribution in [0.3, 0.4) is 0 Å². The number of benzene rings is 1. The lowest BCUT2D eigenvalue weighted by molar-refractivity contribution is 0.390. The molecule has 0 radical (unpaired) electrons. The fraction of sp³-hybridized carbons (Fsp3) is 0.625. The Morgan fingerprint density at radius 3 is 2.18 bits per heavy atom. The molecule has 1 heteroatoms. The summed E-state index contributed by atoms with van der Waals surface area (Å²) in [5.41, 5.74) is 9.32. The Morgan fingerprint density at radius 1 is 1.00 bits per heavy atom. The summed E-state index contributed by atoms with van der Waals surface area (Å²) < 4.78 is 0. The molecule has 1 aromatic rings. The van der Waals surface area contributed by atoms with Crippen LogP contribution in [0.5, 0.6) is 0 Å². The van der Waals surface area contributed by atoms with E-state index < -0.39 is 0 Å². The van der Waals surface area contributed by atoms with E-state index in [0.29, 0.717) is 6.04 Å². The third-order valence-corrected chi connectivity index (χ3v) is 3.98. The molecule has 0 unspecified atom stereocenters. The van der Waals surface area contributed by atoms with Gasteiger partial charge < -0.3 is 5.73 Å². The zero-order chi connectivity index (χ0) is 12.5. The number of hydrogen-bond acceptors (Lipinski definition) is 1. The summed E-state index contributed by atoms with van der Waals surface area (Å²) in [5, 5.41) is 0. The van der Waals surface area contributed by atoms with Crippen LogP contribution in [0.1, 0.15) is 63.5 Å². The van der Waals surface area contributed by atoms with Gasteiger partial charge in [-0.25, -0.2) is 0 Å². The van der Waals surface area contributed by atoms with Crippen LogP contribution in [-0.4, -0.2) is 6.04 Å². The van der Waals surface area contributed by atoms with E-state index in [2.05, 4.69) is 45.0 Å². The van der Waals surface area contributed by atoms with Gasteiger partial charge in [-0.15, -0.1) is 0 Å². The topological polar surface area (TPSA) is 26.0 Å². The van der Waals surface area contributed by atoms with E-state index >= 15 is 0 Å². The average molecular weight is 231 g/mol. The average Bonchev–Trinajstić information content (AvgIpc) is 2.29. The smallest absolute Gasteiger partial charge is 0.00392 e. The van der Waals surface area contributed by atoms with Crippen LogP contribution in [-0.2, 0) is 5.41 Å². The highest BCUT2D eigenvalue weighted by Crippen LogP contribution is 2.37. The quantitative estimate of drug-likeness (QED) is 0.777. The van der Waals surface area contributed by atoms with Crippen LogP contribution in [0.2, 0.25) is 0 Å². The van der Waals surface area contributed by atoms with Crippen molar-refractivity contribution in [2.75, 3.05) is 0 Å².